The normalized spacial score (nSPS) is 11.1. The Hall–Kier alpha value is -1.31. The maximum Gasteiger partial charge on any atom is 0.137 e. The minimum absolute atomic E-state index is 0.161. The van der Waals surface area contributed by atoms with Gasteiger partial charge in [-0.3, -0.25) is 0 Å². The lowest BCUT2D eigenvalue weighted by Gasteiger charge is -2.01. The molecule has 68 valence electrons. The van der Waals surface area contributed by atoms with E-state index in [-0.39, 0.29) is 5.82 Å². The summed E-state index contributed by atoms with van der Waals surface area (Å²) in [5, 5.41) is 0.845. The summed E-state index contributed by atoms with van der Waals surface area (Å²) in [5.74, 6) is 0.661. The third-order valence-corrected chi connectivity index (χ3v) is 2.43. The van der Waals surface area contributed by atoms with Crippen molar-refractivity contribution in [2.45, 2.75) is 20.8 Å². The van der Waals surface area contributed by atoms with Crippen molar-refractivity contribution in [2.75, 3.05) is 0 Å². The fraction of sp³-hybridized carbons (Fsp3) is 0.273. The highest BCUT2D eigenvalue weighted by molar-refractivity contribution is 5.82. The topological polar surface area (TPSA) is 13.1 Å². The summed E-state index contributed by atoms with van der Waals surface area (Å²) >= 11 is 0. The standard InChI is InChI=1S/C11H11FO/c1-6-4-9-5-10(12)7(2)8(3)11(9)13-6/h4-5H,1-3H3. The Morgan fingerprint density at radius 2 is 1.77 bits per heavy atom. The molecular weight excluding hydrogens is 167 g/mol. The van der Waals surface area contributed by atoms with Gasteiger partial charge < -0.3 is 4.42 Å². The van der Waals surface area contributed by atoms with Gasteiger partial charge in [0.25, 0.3) is 0 Å². The molecule has 0 aliphatic rings. The second-order valence-corrected chi connectivity index (χ2v) is 3.38. The molecule has 0 radical (unpaired) electrons. The van der Waals surface area contributed by atoms with E-state index in [1.807, 2.05) is 19.9 Å². The predicted molar refractivity (Wildman–Crippen MR) is 50.4 cm³/mol. The fourth-order valence-corrected chi connectivity index (χ4v) is 1.53. The van der Waals surface area contributed by atoms with Gasteiger partial charge in [0, 0.05) is 5.39 Å². The Bertz CT molecular complexity index is 468. The minimum Gasteiger partial charge on any atom is -0.461 e. The number of hydrogen-bond donors (Lipinski definition) is 0. The van der Waals surface area contributed by atoms with E-state index in [4.69, 9.17) is 4.42 Å². The first-order valence-electron chi connectivity index (χ1n) is 4.25. The van der Waals surface area contributed by atoms with Crippen LogP contribution in [0.2, 0.25) is 0 Å². The van der Waals surface area contributed by atoms with Crippen molar-refractivity contribution < 1.29 is 8.81 Å². The lowest BCUT2D eigenvalue weighted by atomic mass is 10.1. The molecule has 13 heavy (non-hydrogen) atoms. The minimum atomic E-state index is -0.161. The summed E-state index contributed by atoms with van der Waals surface area (Å²) in [6, 6.07) is 3.37. The van der Waals surface area contributed by atoms with Gasteiger partial charge in [0.15, 0.2) is 0 Å². The number of hydrogen-bond acceptors (Lipinski definition) is 1. The third kappa shape index (κ3) is 1.13. The van der Waals surface area contributed by atoms with Gasteiger partial charge in [-0.1, -0.05) is 0 Å². The number of benzene rings is 1. The van der Waals surface area contributed by atoms with Crippen LogP contribution in [-0.4, -0.2) is 0 Å². The van der Waals surface area contributed by atoms with E-state index in [0.29, 0.717) is 5.56 Å². The fourth-order valence-electron chi connectivity index (χ4n) is 1.53. The second-order valence-electron chi connectivity index (χ2n) is 3.38. The molecule has 1 aromatic carbocycles. The van der Waals surface area contributed by atoms with Crippen molar-refractivity contribution in [3.63, 3.8) is 0 Å². The zero-order valence-corrected chi connectivity index (χ0v) is 7.94. The molecule has 0 aliphatic carbocycles. The third-order valence-electron chi connectivity index (χ3n) is 2.43. The van der Waals surface area contributed by atoms with Crippen LogP contribution in [0.25, 0.3) is 11.0 Å². The number of rotatable bonds is 0. The molecule has 0 saturated heterocycles. The van der Waals surface area contributed by atoms with Crippen LogP contribution in [-0.2, 0) is 0 Å². The Labute approximate surface area is 76.2 Å². The Morgan fingerprint density at radius 3 is 2.46 bits per heavy atom. The van der Waals surface area contributed by atoms with Gasteiger partial charge in [-0.15, -0.1) is 0 Å². The summed E-state index contributed by atoms with van der Waals surface area (Å²) in [6.07, 6.45) is 0. The van der Waals surface area contributed by atoms with Crippen molar-refractivity contribution in [3.05, 3.63) is 34.8 Å². The molecule has 2 heteroatoms. The summed E-state index contributed by atoms with van der Waals surface area (Å²) in [5.41, 5.74) is 2.36. The van der Waals surface area contributed by atoms with E-state index >= 15 is 0 Å². The molecule has 1 heterocycles. The first-order valence-corrected chi connectivity index (χ1v) is 4.25. The Morgan fingerprint density at radius 1 is 1.08 bits per heavy atom. The van der Waals surface area contributed by atoms with Crippen molar-refractivity contribution in [1.82, 2.24) is 0 Å². The number of fused-ring (bicyclic) bond motifs is 1. The molecule has 0 aliphatic heterocycles. The van der Waals surface area contributed by atoms with Crippen LogP contribution in [0.15, 0.2) is 16.5 Å². The Kier molecular flexibility index (Phi) is 1.65. The zero-order valence-electron chi connectivity index (χ0n) is 7.94. The van der Waals surface area contributed by atoms with E-state index in [1.54, 1.807) is 6.92 Å². The lowest BCUT2D eigenvalue weighted by molar-refractivity contribution is 0.572. The Balaban J connectivity index is 2.92. The molecule has 1 nitrogen and oxygen atoms in total. The molecule has 0 saturated carbocycles. The number of aryl methyl sites for hydroxylation is 2. The molecule has 0 bridgehead atoms. The molecule has 0 N–H and O–H groups in total. The van der Waals surface area contributed by atoms with Gasteiger partial charge in [0.2, 0.25) is 0 Å². The van der Waals surface area contributed by atoms with Gasteiger partial charge in [0.1, 0.15) is 17.2 Å². The average Bonchev–Trinajstić information content (AvgIpc) is 2.42. The van der Waals surface area contributed by atoms with Gasteiger partial charge in [0.05, 0.1) is 0 Å². The highest BCUT2D eigenvalue weighted by Crippen LogP contribution is 2.26. The molecule has 0 fully saturated rings. The molecule has 2 rings (SSSR count). The summed E-state index contributed by atoms with van der Waals surface area (Å²) < 4.78 is 18.7. The SMILES string of the molecule is Cc1cc2cc(F)c(C)c(C)c2o1. The monoisotopic (exact) mass is 178 g/mol. The van der Waals surface area contributed by atoms with E-state index in [2.05, 4.69) is 0 Å². The van der Waals surface area contributed by atoms with E-state index in [1.165, 1.54) is 6.07 Å². The highest BCUT2D eigenvalue weighted by atomic mass is 19.1. The van der Waals surface area contributed by atoms with Crippen LogP contribution >= 0.6 is 0 Å². The zero-order chi connectivity index (χ0) is 9.59. The van der Waals surface area contributed by atoms with Crippen molar-refractivity contribution in [1.29, 1.82) is 0 Å². The average molecular weight is 178 g/mol. The molecule has 1 aromatic heterocycles. The molecular formula is C11H11FO. The summed E-state index contributed by atoms with van der Waals surface area (Å²) in [4.78, 5) is 0. The van der Waals surface area contributed by atoms with E-state index in [0.717, 1.165) is 22.3 Å². The van der Waals surface area contributed by atoms with Gasteiger partial charge in [-0.2, -0.15) is 0 Å². The highest BCUT2D eigenvalue weighted by Gasteiger charge is 2.09. The largest absolute Gasteiger partial charge is 0.461 e. The van der Waals surface area contributed by atoms with Crippen LogP contribution in [0, 0.1) is 26.6 Å². The maximum atomic E-state index is 13.3. The molecule has 2 aromatic rings. The first kappa shape index (κ1) is 8.30. The quantitative estimate of drug-likeness (QED) is 0.601. The summed E-state index contributed by atoms with van der Waals surface area (Å²) in [6.45, 7) is 5.51. The van der Waals surface area contributed by atoms with E-state index in [9.17, 15) is 4.39 Å². The molecule has 0 unspecified atom stereocenters. The molecule has 0 amide bonds. The van der Waals surface area contributed by atoms with Crippen LogP contribution < -0.4 is 0 Å². The number of furan rings is 1. The van der Waals surface area contributed by atoms with E-state index < -0.39 is 0 Å². The smallest absolute Gasteiger partial charge is 0.137 e. The van der Waals surface area contributed by atoms with Crippen LogP contribution in [0.3, 0.4) is 0 Å². The van der Waals surface area contributed by atoms with Crippen molar-refractivity contribution >= 4 is 11.0 Å². The van der Waals surface area contributed by atoms with Crippen LogP contribution in [0.4, 0.5) is 4.39 Å². The maximum absolute atomic E-state index is 13.3. The second kappa shape index (κ2) is 2.59. The van der Waals surface area contributed by atoms with Gasteiger partial charge >= 0.3 is 0 Å². The number of halogens is 1. The van der Waals surface area contributed by atoms with Crippen LogP contribution in [0.5, 0.6) is 0 Å². The van der Waals surface area contributed by atoms with Gasteiger partial charge in [-0.25, -0.2) is 4.39 Å². The first-order chi connectivity index (χ1) is 6.09. The summed E-state index contributed by atoms with van der Waals surface area (Å²) in [7, 11) is 0. The lowest BCUT2D eigenvalue weighted by Crippen LogP contribution is -1.86. The van der Waals surface area contributed by atoms with Crippen molar-refractivity contribution in [2.24, 2.45) is 0 Å². The molecule has 0 atom stereocenters. The van der Waals surface area contributed by atoms with Crippen LogP contribution in [0.1, 0.15) is 16.9 Å². The predicted octanol–water partition coefficient (Wildman–Crippen LogP) is 3.50. The molecule has 0 spiro atoms. The van der Waals surface area contributed by atoms with Crippen molar-refractivity contribution in [3.8, 4) is 0 Å². The van der Waals surface area contributed by atoms with Gasteiger partial charge in [-0.05, 0) is 44.0 Å².